The number of hydrogen-bond donors (Lipinski definition) is 1. The standard InChI is InChI=1S/C15H21NO4S/c1-12(17)20-11-21-10-15(2,3)16-14(18)19-9-13-7-5-4-6-8-13/h4-8H,9-11H2,1-3H3,(H,16,18). The Balaban J connectivity index is 2.26. The molecule has 5 nitrogen and oxygen atoms in total. The fraction of sp³-hybridized carbons (Fsp3) is 0.467. The summed E-state index contributed by atoms with van der Waals surface area (Å²) in [5, 5.41) is 2.79. The summed E-state index contributed by atoms with van der Waals surface area (Å²) in [6, 6.07) is 9.49. The third kappa shape index (κ3) is 8.24. The Bertz CT molecular complexity index is 462. The van der Waals surface area contributed by atoms with Gasteiger partial charge >= 0.3 is 12.1 Å². The summed E-state index contributed by atoms with van der Waals surface area (Å²) in [6.45, 7) is 5.38. The van der Waals surface area contributed by atoms with Crippen molar-refractivity contribution < 1.29 is 19.1 Å². The average Bonchev–Trinajstić information content (AvgIpc) is 2.42. The van der Waals surface area contributed by atoms with Gasteiger partial charge in [0.2, 0.25) is 0 Å². The summed E-state index contributed by atoms with van der Waals surface area (Å²) in [7, 11) is 0. The zero-order valence-corrected chi connectivity index (χ0v) is 13.4. The minimum absolute atomic E-state index is 0.239. The van der Waals surface area contributed by atoms with Gasteiger partial charge < -0.3 is 14.8 Å². The normalized spacial score (nSPS) is 10.8. The van der Waals surface area contributed by atoms with Gasteiger partial charge in [-0.05, 0) is 19.4 Å². The van der Waals surface area contributed by atoms with Crippen LogP contribution in [-0.2, 0) is 20.9 Å². The first kappa shape index (κ1) is 17.4. The molecule has 0 aromatic heterocycles. The van der Waals surface area contributed by atoms with Crippen LogP contribution in [0.3, 0.4) is 0 Å². The molecule has 1 rings (SSSR count). The number of rotatable bonds is 7. The summed E-state index contributed by atoms with van der Waals surface area (Å²) in [5.74, 6) is 0.579. The van der Waals surface area contributed by atoms with Gasteiger partial charge in [0, 0.05) is 18.2 Å². The third-order valence-electron chi connectivity index (χ3n) is 2.46. The Morgan fingerprint density at radius 2 is 1.86 bits per heavy atom. The van der Waals surface area contributed by atoms with Crippen molar-refractivity contribution >= 4 is 23.8 Å². The minimum atomic E-state index is -0.461. The SMILES string of the molecule is CC(=O)OCSCC(C)(C)NC(=O)OCc1ccccc1. The molecule has 1 aromatic carbocycles. The zero-order valence-electron chi connectivity index (χ0n) is 12.5. The number of nitrogens with one attached hydrogen (secondary N) is 1. The van der Waals surface area contributed by atoms with Crippen molar-refractivity contribution in [1.82, 2.24) is 5.32 Å². The summed E-state index contributed by atoms with van der Waals surface area (Å²) < 4.78 is 9.99. The van der Waals surface area contributed by atoms with Crippen LogP contribution in [0.25, 0.3) is 0 Å². The molecule has 0 saturated carbocycles. The molecule has 0 fully saturated rings. The van der Waals surface area contributed by atoms with Crippen molar-refractivity contribution in [1.29, 1.82) is 0 Å². The van der Waals surface area contributed by atoms with Crippen molar-refractivity contribution in [2.75, 3.05) is 11.7 Å². The molecule has 0 aliphatic heterocycles. The highest BCUT2D eigenvalue weighted by molar-refractivity contribution is 7.99. The van der Waals surface area contributed by atoms with E-state index in [2.05, 4.69) is 5.32 Å². The van der Waals surface area contributed by atoms with E-state index in [0.717, 1.165) is 5.56 Å². The maximum absolute atomic E-state index is 11.7. The number of alkyl carbamates (subject to hydrolysis) is 1. The molecule has 1 aromatic rings. The van der Waals surface area contributed by atoms with Crippen molar-refractivity contribution in [3.8, 4) is 0 Å². The minimum Gasteiger partial charge on any atom is -0.455 e. The monoisotopic (exact) mass is 311 g/mol. The predicted octanol–water partition coefficient (Wildman–Crippen LogP) is 2.95. The van der Waals surface area contributed by atoms with Crippen LogP contribution in [0.5, 0.6) is 0 Å². The number of esters is 1. The smallest absolute Gasteiger partial charge is 0.407 e. The Hall–Kier alpha value is -1.69. The lowest BCUT2D eigenvalue weighted by Crippen LogP contribution is -2.45. The molecule has 6 heteroatoms. The lowest BCUT2D eigenvalue weighted by Gasteiger charge is -2.25. The number of hydrogen-bond acceptors (Lipinski definition) is 5. The molecular formula is C15H21NO4S. The van der Waals surface area contributed by atoms with E-state index in [1.165, 1.54) is 18.7 Å². The number of amides is 1. The van der Waals surface area contributed by atoms with Crippen LogP contribution in [0, 0.1) is 0 Å². The molecule has 0 bridgehead atoms. The van der Waals surface area contributed by atoms with Gasteiger partial charge in [-0.25, -0.2) is 4.79 Å². The second-order valence-electron chi connectivity index (χ2n) is 5.17. The largest absolute Gasteiger partial charge is 0.455 e. The van der Waals surface area contributed by atoms with E-state index in [1.54, 1.807) is 0 Å². The second-order valence-corrected chi connectivity index (χ2v) is 6.11. The number of thioether (sulfide) groups is 1. The summed E-state index contributed by atoms with van der Waals surface area (Å²) >= 11 is 1.43. The average molecular weight is 311 g/mol. The molecule has 0 unspecified atom stereocenters. The van der Waals surface area contributed by atoms with Crippen molar-refractivity contribution in [2.45, 2.75) is 32.9 Å². The molecule has 1 N–H and O–H groups in total. The molecule has 21 heavy (non-hydrogen) atoms. The van der Waals surface area contributed by atoms with E-state index in [1.807, 2.05) is 44.2 Å². The summed E-state index contributed by atoms with van der Waals surface area (Å²) in [5.41, 5.74) is 0.494. The van der Waals surface area contributed by atoms with Gasteiger partial charge in [0.1, 0.15) is 12.5 Å². The molecule has 0 saturated heterocycles. The Morgan fingerprint density at radius 1 is 1.19 bits per heavy atom. The van der Waals surface area contributed by atoms with Gasteiger partial charge in [-0.3, -0.25) is 4.79 Å². The van der Waals surface area contributed by atoms with E-state index in [-0.39, 0.29) is 18.5 Å². The first-order valence-corrected chi connectivity index (χ1v) is 7.74. The number of benzene rings is 1. The van der Waals surface area contributed by atoms with Gasteiger partial charge in [0.05, 0.1) is 0 Å². The van der Waals surface area contributed by atoms with Crippen LogP contribution in [0.2, 0.25) is 0 Å². The van der Waals surface area contributed by atoms with E-state index in [0.29, 0.717) is 5.75 Å². The van der Waals surface area contributed by atoms with Crippen molar-refractivity contribution in [2.24, 2.45) is 0 Å². The third-order valence-corrected chi connectivity index (χ3v) is 3.67. The van der Waals surface area contributed by atoms with Crippen LogP contribution in [0.1, 0.15) is 26.3 Å². The van der Waals surface area contributed by atoms with E-state index >= 15 is 0 Å². The molecule has 0 spiro atoms. The van der Waals surface area contributed by atoms with Gasteiger partial charge in [-0.15, -0.1) is 11.8 Å². The number of ether oxygens (including phenoxy) is 2. The fourth-order valence-electron chi connectivity index (χ4n) is 1.49. The van der Waals surface area contributed by atoms with Gasteiger partial charge in [-0.1, -0.05) is 30.3 Å². The highest BCUT2D eigenvalue weighted by atomic mass is 32.2. The Kier molecular flexibility index (Phi) is 7.08. The van der Waals surface area contributed by atoms with Gasteiger partial charge in [0.25, 0.3) is 0 Å². The van der Waals surface area contributed by atoms with Crippen LogP contribution in [0.4, 0.5) is 4.79 Å². The molecule has 0 atom stereocenters. The van der Waals surface area contributed by atoms with Gasteiger partial charge in [0.15, 0.2) is 0 Å². The van der Waals surface area contributed by atoms with Crippen molar-refractivity contribution in [3.63, 3.8) is 0 Å². The lowest BCUT2D eigenvalue weighted by molar-refractivity contribution is -0.138. The van der Waals surface area contributed by atoms with Crippen LogP contribution in [0.15, 0.2) is 30.3 Å². The fourth-order valence-corrected chi connectivity index (χ4v) is 2.41. The highest BCUT2D eigenvalue weighted by Gasteiger charge is 2.21. The lowest BCUT2D eigenvalue weighted by atomic mass is 10.1. The molecule has 0 aliphatic rings. The van der Waals surface area contributed by atoms with E-state index in [4.69, 9.17) is 9.47 Å². The maximum Gasteiger partial charge on any atom is 0.407 e. The predicted molar refractivity (Wildman–Crippen MR) is 82.9 cm³/mol. The first-order valence-electron chi connectivity index (χ1n) is 6.59. The highest BCUT2D eigenvalue weighted by Crippen LogP contribution is 2.13. The molecule has 0 radical (unpaired) electrons. The van der Waals surface area contributed by atoms with Gasteiger partial charge in [-0.2, -0.15) is 0 Å². The Labute approximate surface area is 129 Å². The topological polar surface area (TPSA) is 64.6 Å². The molecular weight excluding hydrogens is 290 g/mol. The Morgan fingerprint density at radius 3 is 2.48 bits per heavy atom. The quantitative estimate of drug-likeness (QED) is 0.476. The van der Waals surface area contributed by atoms with Crippen LogP contribution in [-0.4, -0.2) is 29.3 Å². The molecule has 0 aliphatic carbocycles. The van der Waals surface area contributed by atoms with Crippen molar-refractivity contribution in [3.05, 3.63) is 35.9 Å². The molecule has 0 heterocycles. The number of carbonyl (C=O) groups excluding carboxylic acids is 2. The second kappa shape index (κ2) is 8.56. The first-order chi connectivity index (χ1) is 9.89. The number of carbonyl (C=O) groups is 2. The summed E-state index contributed by atoms with van der Waals surface area (Å²) in [4.78, 5) is 22.4. The van der Waals surface area contributed by atoms with Crippen LogP contribution < -0.4 is 5.32 Å². The molecule has 116 valence electrons. The summed E-state index contributed by atoms with van der Waals surface area (Å²) in [6.07, 6.45) is -0.461. The van der Waals surface area contributed by atoms with E-state index in [9.17, 15) is 9.59 Å². The van der Waals surface area contributed by atoms with Crippen LogP contribution >= 0.6 is 11.8 Å². The molecule has 1 amide bonds. The maximum atomic E-state index is 11.7. The van der Waals surface area contributed by atoms with E-state index < -0.39 is 11.6 Å². The zero-order chi connectivity index (χ0) is 15.7.